The molecule has 6 heteroatoms. The van der Waals surface area contributed by atoms with Gasteiger partial charge in [-0.15, -0.1) is 0 Å². The Morgan fingerprint density at radius 2 is 1.12 bits per heavy atom. The molecule has 0 amide bonds. The average Bonchev–Trinajstić information content (AvgIpc) is 2.83. The number of carboxylic acid groups (broad SMARTS) is 1. The quantitative estimate of drug-likeness (QED) is 0.424. The molecule has 2 N–H and O–H groups in total. The fourth-order valence-corrected chi connectivity index (χ4v) is 3.20. The van der Waals surface area contributed by atoms with Crippen molar-refractivity contribution in [3.63, 3.8) is 0 Å². The minimum atomic E-state index is -1.37. The van der Waals surface area contributed by atoms with Crippen LogP contribution in [0.2, 0.25) is 0 Å². The van der Waals surface area contributed by atoms with Crippen LogP contribution in [0.1, 0.15) is 16.7 Å². The zero-order chi connectivity index (χ0) is 22.6. The maximum absolute atomic E-state index is 12.0. The number of carbonyl (C=O) groups is 1. The summed E-state index contributed by atoms with van der Waals surface area (Å²) in [5, 5.41) is 20.6. The standard InChI is InChI=1S/C26H28O6/c27-23(19-30-16-20-10-4-1-5-11-20)24(31-17-21-12-6-2-7-13-21)25(26(28)29)32-18-22-14-8-3-9-15-22/h1-15,23-25,27H,16-19H2,(H,28,29)/t23-,24-,25+/m1/s1. The van der Waals surface area contributed by atoms with E-state index >= 15 is 0 Å². The SMILES string of the molecule is O=C(O)[C@@H](OCc1ccccc1)[C@H](OCc1ccccc1)[C@H](O)COCc1ccccc1. The third kappa shape index (κ3) is 7.59. The van der Waals surface area contributed by atoms with E-state index in [0.717, 1.165) is 16.7 Å². The Kier molecular flexibility index (Phi) is 9.40. The third-order valence-corrected chi connectivity index (χ3v) is 4.88. The molecule has 0 spiro atoms. The number of aliphatic carboxylic acids is 1. The molecule has 0 saturated carbocycles. The molecule has 32 heavy (non-hydrogen) atoms. The van der Waals surface area contributed by atoms with Crippen LogP contribution in [0.5, 0.6) is 0 Å². The summed E-state index contributed by atoms with van der Waals surface area (Å²) in [5.41, 5.74) is 2.65. The van der Waals surface area contributed by atoms with E-state index in [4.69, 9.17) is 14.2 Å². The van der Waals surface area contributed by atoms with Crippen LogP contribution >= 0.6 is 0 Å². The van der Waals surface area contributed by atoms with Crippen molar-refractivity contribution in [1.29, 1.82) is 0 Å². The molecule has 0 radical (unpaired) electrons. The number of hydrogen-bond donors (Lipinski definition) is 2. The lowest BCUT2D eigenvalue weighted by Crippen LogP contribution is -2.47. The topological polar surface area (TPSA) is 85.2 Å². The molecule has 0 aromatic heterocycles. The number of carboxylic acids is 1. The fourth-order valence-electron chi connectivity index (χ4n) is 3.20. The lowest BCUT2D eigenvalue weighted by molar-refractivity contribution is -0.180. The Bertz CT molecular complexity index is 917. The molecule has 3 aromatic rings. The largest absolute Gasteiger partial charge is 0.479 e. The fraction of sp³-hybridized carbons (Fsp3) is 0.269. The normalized spacial score (nSPS) is 13.9. The minimum absolute atomic E-state index is 0.0839. The van der Waals surface area contributed by atoms with Gasteiger partial charge in [-0.2, -0.15) is 0 Å². The monoisotopic (exact) mass is 436 g/mol. The summed E-state index contributed by atoms with van der Waals surface area (Å²) in [6.45, 7) is 0.430. The summed E-state index contributed by atoms with van der Waals surface area (Å²) >= 11 is 0. The first-order chi connectivity index (χ1) is 15.6. The summed E-state index contributed by atoms with van der Waals surface area (Å²) in [5.74, 6) is -1.21. The van der Waals surface area contributed by atoms with Crippen molar-refractivity contribution in [1.82, 2.24) is 0 Å². The number of benzene rings is 3. The van der Waals surface area contributed by atoms with Crippen LogP contribution in [0.15, 0.2) is 91.0 Å². The molecule has 0 fully saturated rings. The molecule has 0 aliphatic heterocycles. The summed E-state index contributed by atoms with van der Waals surface area (Å²) in [4.78, 5) is 12.0. The van der Waals surface area contributed by atoms with Crippen molar-refractivity contribution < 1.29 is 29.2 Å². The van der Waals surface area contributed by atoms with Crippen LogP contribution in [0.3, 0.4) is 0 Å². The summed E-state index contributed by atoms with van der Waals surface area (Å²) < 4.78 is 17.2. The van der Waals surface area contributed by atoms with E-state index in [2.05, 4.69) is 0 Å². The Morgan fingerprint density at radius 1 is 0.688 bits per heavy atom. The lowest BCUT2D eigenvalue weighted by Gasteiger charge is -2.28. The van der Waals surface area contributed by atoms with Gasteiger partial charge in [0.25, 0.3) is 0 Å². The van der Waals surface area contributed by atoms with Crippen molar-refractivity contribution in [2.24, 2.45) is 0 Å². The predicted octanol–water partition coefficient (Wildman–Crippen LogP) is 3.82. The Labute approximate surface area is 188 Å². The highest BCUT2D eigenvalue weighted by molar-refractivity contribution is 5.73. The third-order valence-electron chi connectivity index (χ3n) is 4.88. The number of aliphatic hydroxyl groups is 1. The van der Waals surface area contributed by atoms with Gasteiger partial charge in [0.15, 0.2) is 6.10 Å². The molecule has 0 heterocycles. The van der Waals surface area contributed by atoms with Gasteiger partial charge in [0.05, 0.1) is 26.4 Å². The zero-order valence-corrected chi connectivity index (χ0v) is 17.7. The maximum atomic E-state index is 12.0. The maximum Gasteiger partial charge on any atom is 0.335 e. The molecule has 0 aliphatic carbocycles. The number of rotatable bonds is 13. The smallest absolute Gasteiger partial charge is 0.335 e. The van der Waals surface area contributed by atoms with Crippen molar-refractivity contribution in [3.8, 4) is 0 Å². The van der Waals surface area contributed by atoms with Gasteiger partial charge in [0.1, 0.15) is 12.2 Å². The van der Waals surface area contributed by atoms with Gasteiger partial charge in [-0.3, -0.25) is 0 Å². The van der Waals surface area contributed by atoms with E-state index < -0.39 is 24.3 Å². The van der Waals surface area contributed by atoms with E-state index in [9.17, 15) is 15.0 Å². The minimum Gasteiger partial charge on any atom is -0.479 e. The second kappa shape index (κ2) is 12.7. The Hall–Kier alpha value is -3.03. The van der Waals surface area contributed by atoms with Crippen LogP contribution in [-0.4, -0.2) is 41.1 Å². The Morgan fingerprint density at radius 3 is 1.59 bits per heavy atom. The Balaban J connectivity index is 1.66. The van der Waals surface area contributed by atoms with Crippen LogP contribution in [-0.2, 0) is 38.8 Å². The summed E-state index contributed by atoms with van der Waals surface area (Å²) in [7, 11) is 0. The molecule has 0 bridgehead atoms. The molecular formula is C26H28O6. The van der Waals surface area contributed by atoms with E-state index in [1.54, 1.807) is 0 Å². The van der Waals surface area contributed by atoms with Gasteiger partial charge in [0, 0.05) is 0 Å². The number of aliphatic hydroxyl groups excluding tert-OH is 1. The predicted molar refractivity (Wildman–Crippen MR) is 120 cm³/mol. The molecule has 3 aromatic carbocycles. The molecule has 168 valence electrons. The van der Waals surface area contributed by atoms with E-state index in [1.807, 2.05) is 91.0 Å². The number of ether oxygens (including phenoxy) is 3. The molecular weight excluding hydrogens is 408 g/mol. The van der Waals surface area contributed by atoms with E-state index in [0.29, 0.717) is 6.61 Å². The molecule has 6 nitrogen and oxygen atoms in total. The second-order valence-corrected chi connectivity index (χ2v) is 7.38. The molecule has 3 rings (SSSR count). The van der Waals surface area contributed by atoms with E-state index in [-0.39, 0.29) is 19.8 Å². The van der Waals surface area contributed by atoms with Crippen molar-refractivity contribution in [3.05, 3.63) is 108 Å². The van der Waals surface area contributed by atoms with Gasteiger partial charge in [-0.1, -0.05) is 91.0 Å². The molecule has 0 unspecified atom stereocenters. The highest BCUT2D eigenvalue weighted by atomic mass is 16.6. The summed E-state index contributed by atoms with van der Waals surface area (Å²) in [6, 6.07) is 28.2. The van der Waals surface area contributed by atoms with Gasteiger partial charge < -0.3 is 24.4 Å². The van der Waals surface area contributed by atoms with Gasteiger partial charge in [-0.05, 0) is 16.7 Å². The number of hydrogen-bond acceptors (Lipinski definition) is 5. The van der Waals surface area contributed by atoms with Crippen LogP contribution < -0.4 is 0 Å². The first-order valence-electron chi connectivity index (χ1n) is 10.5. The molecule has 3 atom stereocenters. The lowest BCUT2D eigenvalue weighted by atomic mass is 10.1. The van der Waals surface area contributed by atoms with Crippen molar-refractivity contribution >= 4 is 5.97 Å². The highest BCUT2D eigenvalue weighted by Crippen LogP contribution is 2.16. The zero-order valence-electron chi connectivity index (χ0n) is 17.7. The van der Waals surface area contributed by atoms with E-state index in [1.165, 1.54) is 0 Å². The first kappa shape index (κ1) is 23.6. The van der Waals surface area contributed by atoms with Gasteiger partial charge >= 0.3 is 5.97 Å². The van der Waals surface area contributed by atoms with Crippen LogP contribution in [0.4, 0.5) is 0 Å². The average molecular weight is 437 g/mol. The summed E-state index contributed by atoms with van der Waals surface area (Å²) in [6.07, 6.45) is -3.68. The van der Waals surface area contributed by atoms with Crippen LogP contribution in [0.25, 0.3) is 0 Å². The van der Waals surface area contributed by atoms with Crippen molar-refractivity contribution in [2.45, 2.75) is 38.1 Å². The second-order valence-electron chi connectivity index (χ2n) is 7.38. The molecule has 0 aliphatic rings. The van der Waals surface area contributed by atoms with Gasteiger partial charge in [0.2, 0.25) is 0 Å². The van der Waals surface area contributed by atoms with Gasteiger partial charge in [-0.25, -0.2) is 4.79 Å². The van der Waals surface area contributed by atoms with Crippen molar-refractivity contribution in [2.75, 3.05) is 6.61 Å². The first-order valence-corrected chi connectivity index (χ1v) is 10.5. The molecule has 0 saturated heterocycles. The van der Waals surface area contributed by atoms with Crippen LogP contribution in [0, 0.1) is 0 Å². The highest BCUT2D eigenvalue weighted by Gasteiger charge is 2.36.